The molecule has 2 rings (SSSR count). The monoisotopic (exact) mass is 354 g/mol. The average molecular weight is 355 g/mol. The number of carbonyl (C=O) groups excluding carboxylic acids is 2. The Balaban J connectivity index is 1.97. The summed E-state index contributed by atoms with van der Waals surface area (Å²) in [6.45, 7) is 6.22. The van der Waals surface area contributed by atoms with E-state index in [1.807, 2.05) is 25.1 Å². The summed E-state index contributed by atoms with van der Waals surface area (Å²) in [5.41, 5.74) is 1.76. The third kappa shape index (κ3) is 3.75. The fourth-order valence-corrected chi connectivity index (χ4v) is 2.59. The van der Waals surface area contributed by atoms with Gasteiger partial charge in [-0.1, -0.05) is 22.0 Å². The fraction of sp³-hybridized carbons (Fsp3) is 0.467. The number of carbonyl (C=O) groups is 2. The second-order valence-electron chi connectivity index (χ2n) is 4.94. The van der Waals surface area contributed by atoms with Crippen LogP contribution < -0.4 is 0 Å². The molecule has 5 nitrogen and oxygen atoms in total. The lowest BCUT2D eigenvalue weighted by molar-refractivity contribution is 0.0570. The van der Waals surface area contributed by atoms with E-state index >= 15 is 0 Å². The number of benzene rings is 1. The van der Waals surface area contributed by atoms with E-state index in [1.165, 1.54) is 0 Å². The van der Waals surface area contributed by atoms with Crippen molar-refractivity contribution in [3.05, 3.63) is 33.8 Å². The molecular weight excluding hydrogens is 336 g/mol. The summed E-state index contributed by atoms with van der Waals surface area (Å²) < 4.78 is 5.90. The Morgan fingerprint density at radius 2 is 1.81 bits per heavy atom. The van der Waals surface area contributed by atoms with Gasteiger partial charge in [-0.2, -0.15) is 0 Å². The number of hydrogen-bond donors (Lipinski definition) is 0. The molecule has 2 amide bonds. The SMILES string of the molecule is CCOC(=O)N1CCN(C(=O)c2ccc(C)c(Br)c2)CC1. The summed E-state index contributed by atoms with van der Waals surface area (Å²) in [5.74, 6) is -0.000733. The summed E-state index contributed by atoms with van der Waals surface area (Å²) in [5, 5.41) is 0. The van der Waals surface area contributed by atoms with Gasteiger partial charge in [-0.25, -0.2) is 4.79 Å². The highest BCUT2D eigenvalue weighted by molar-refractivity contribution is 9.10. The van der Waals surface area contributed by atoms with Gasteiger partial charge < -0.3 is 14.5 Å². The number of hydrogen-bond acceptors (Lipinski definition) is 3. The molecule has 114 valence electrons. The smallest absolute Gasteiger partial charge is 0.409 e. The van der Waals surface area contributed by atoms with E-state index in [0.717, 1.165) is 10.0 Å². The van der Waals surface area contributed by atoms with Crippen LogP contribution in [0.25, 0.3) is 0 Å². The lowest BCUT2D eigenvalue weighted by atomic mass is 10.1. The van der Waals surface area contributed by atoms with Gasteiger partial charge in [-0.05, 0) is 31.5 Å². The summed E-state index contributed by atoms with van der Waals surface area (Å²) in [6, 6.07) is 5.60. The Kier molecular flexibility index (Phi) is 5.22. The minimum absolute atomic E-state index is 0.000733. The molecule has 6 heteroatoms. The van der Waals surface area contributed by atoms with Crippen LogP contribution in [0.2, 0.25) is 0 Å². The first-order valence-electron chi connectivity index (χ1n) is 7.00. The Hall–Kier alpha value is -1.56. The highest BCUT2D eigenvalue weighted by Crippen LogP contribution is 2.19. The van der Waals surface area contributed by atoms with Crippen molar-refractivity contribution in [1.29, 1.82) is 0 Å². The van der Waals surface area contributed by atoms with Gasteiger partial charge in [-0.15, -0.1) is 0 Å². The van der Waals surface area contributed by atoms with Gasteiger partial charge in [0.2, 0.25) is 0 Å². The second kappa shape index (κ2) is 6.93. The Labute approximate surface area is 133 Å². The van der Waals surface area contributed by atoms with E-state index in [0.29, 0.717) is 38.3 Å². The lowest BCUT2D eigenvalue weighted by Gasteiger charge is -2.34. The molecule has 1 saturated heterocycles. The van der Waals surface area contributed by atoms with Crippen LogP contribution in [0, 0.1) is 6.92 Å². The van der Waals surface area contributed by atoms with Crippen molar-refractivity contribution >= 4 is 27.9 Å². The van der Waals surface area contributed by atoms with E-state index in [-0.39, 0.29) is 12.0 Å². The van der Waals surface area contributed by atoms with Crippen molar-refractivity contribution in [3.8, 4) is 0 Å². The van der Waals surface area contributed by atoms with Crippen molar-refractivity contribution in [2.75, 3.05) is 32.8 Å². The number of rotatable bonds is 2. The zero-order chi connectivity index (χ0) is 15.4. The highest BCUT2D eigenvalue weighted by Gasteiger charge is 2.25. The molecule has 0 atom stereocenters. The number of amides is 2. The maximum absolute atomic E-state index is 12.4. The molecule has 1 aliphatic rings. The van der Waals surface area contributed by atoms with Crippen molar-refractivity contribution in [3.63, 3.8) is 0 Å². The van der Waals surface area contributed by atoms with E-state index in [1.54, 1.807) is 16.7 Å². The van der Waals surface area contributed by atoms with Crippen LogP contribution in [0.3, 0.4) is 0 Å². The molecule has 0 bridgehead atoms. The number of piperazine rings is 1. The topological polar surface area (TPSA) is 49.9 Å². The van der Waals surface area contributed by atoms with Crippen LogP contribution in [-0.4, -0.2) is 54.6 Å². The minimum atomic E-state index is -0.303. The van der Waals surface area contributed by atoms with E-state index in [2.05, 4.69) is 15.9 Å². The van der Waals surface area contributed by atoms with Gasteiger partial charge in [0.1, 0.15) is 0 Å². The van der Waals surface area contributed by atoms with E-state index in [9.17, 15) is 9.59 Å². The zero-order valence-electron chi connectivity index (χ0n) is 12.3. The summed E-state index contributed by atoms with van der Waals surface area (Å²) in [4.78, 5) is 27.5. The molecule has 0 radical (unpaired) electrons. The largest absolute Gasteiger partial charge is 0.450 e. The molecule has 1 aromatic rings. The van der Waals surface area contributed by atoms with Crippen LogP contribution in [0.4, 0.5) is 4.79 Å². The van der Waals surface area contributed by atoms with Gasteiger partial charge in [0.25, 0.3) is 5.91 Å². The molecule has 0 unspecified atom stereocenters. The lowest BCUT2D eigenvalue weighted by Crippen LogP contribution is -2.50. The van der Waals surface area contributed by atoms with Crippen LogP contribution >= 0.6 is 15.9 Å². The maximum Gasteiger partial charge on any atom is 0.409 e. The fourth-order valence-electron chi connectivity index (χ4n) is 2.22. The normalized spacial score (nSPS) is 15.0. The van der Waals surface area contributed by atoms with Gasteiger partial charge in [-0.3, -0.25) is 4.79 Å². The van der Waals surface area contributed by atoms with Crippen molar-refractivity contribution < 1.29 is 14.3 Å². The molecule has 21 heavy (non-hydrogen) atoms. The predicted molar refractivity (Wildman–Crippen MR) is 83.4 cm³/mol. The molecule has 0 aliphatic carbocycles. The molecule has 1 heterocycles. The van der Waals surface area contributed by atoms with Crippen LogP contribution in [-0.2, 0) is 4.74 Å². The first-order chi connectivity index (χ1) is 10.0. The van der Waals surface area contributed by atoms with Crippen molar-refractivity contribution in [1.82, 2.24) is 9.80 Å². The van der Waals surface area contributed by atoms with Crippen molar-refractivity contribution in [2.24, 2.45) is 0 Å². The molecule has 0 spiro atoms. The van der Waals surface area contributed by atoms with E-state index in [4.69, 9.17) is 4.74 Å². The Morgan fingerprint density at radius 3 is 2.38 bits per heavy atom. The van der Waals surface area contributed by atoms with Crippen molar-refractivity contribution in [2.45, 2.75) is 13.8 Å². The number of nitrogens with zero attached hydrogens (tertiary/aromatic N) is 2. The third-order valence-corrected chi connectivity index (χ3v) is 4.37. The van der Waals surface area contributed by atoms with Crippen LogP contribution in [0.5, 0.6) is 0 Å². The van der Waals surface area contributed by atoms with Gasteiger partial charge in [0, 0.05) is 36.2 Å². The Morgan fingerprint density at radius 1 is 1.19 bits per heavy atom. The molecule has 1 aliphatic heterocycles. The van der Waals surface area contributed by atoms with Gasteiger partial charge in [0.05, 0.1) is 6.61 Å². The van der Waals surface area contributed by atoms with E-state index < -0.39 is 0 Å². The summed E-state index contributed by atoms with van der Waals surface area (Å²) >= 11 is 3.44. The quantitative estimate of drug-likeness (QED) is 0.820. The second-order valence-corrected chi connectivity index (χ2v) is 5.80. The number of aryl methyl sites for hydroxylation is 1. The molecule has 0 saturated carbocycles. The molecular formula is C15H19BrN2O3. The summed E-state index contributed by atoms with van der Waals surface area (Å²) in [7, 11) is 0. The highest BCUT2D eigenvalue weighted by atomic mass is 79.9. The average Bonchev–Trinajstić information content (AvgIpc) is 2.50. The minimum Gasteiger partial charge on any atom is -0.450 e. The van der Waals surface area contributed by atoms with Crippen LogP contribution in [0.15, 0.2) is 22.7 Å². The maximum atomic E-state index is 12.4. The summed E-state index contributed by atoms with van der Waals surface area (Å²) in [6.07, 6.45) is -0.303. The molecule has 0 aromatic heterocycles. The Bertz CT molecular complexity index is 540. The first kappa shape index (κ1) is 15.8. The zero-order valence-corrected chi connectivity index (χ0v) is 13.9. The van der Waals surface area contributed by atoms with Gasteiger partial charge >= 0.3 is 6.09 Å². The predicted octanol–water partition coefficient (Wildman–Crippen LogP) is 2.67. The number of ether oxygens (including phenoxy) is 1. The third-order valence-electron chi connectivity index (χ3n) is 3.51. The van der Waals surface area contributed by atoms with Gasteiger partial charge in [0.15, 0.2) is 0 Å². The first-order valence-corrected chi connectivity index (χ1v) is 7.79. The van der Waals surface area contributed by atoms with Crippen LogP contribution in [0.1, 0.15) is 22.8 Å². The standard InChI is InChI=1S/C15H19BrN2O3/c1-3-21-15(20)18-8-6-17(7-9-18)14(19)12-5-4-11(2)13(16)10-12/h4-5,10H,3,6-9H2,1-2H3. The molecule has 1 fully saturated rings. The number of halogens is 1. The molecule has 1 aromatic carbocycles. The molecule has 0 N–H and O–H groups in total.